The van der Waals surface area contributed by atoms with E-state index in [0.29, 0.717) is 17.9 Å². The summed E-state index contributed by atoms with van der Waals surface area (Å²) in [6.45, 7) is 0.765. The van der Waals surface area contributed by atoms with Crippen molar-refractivity contribution in [2.75, 3.05) is 17.7 Å². The second-order valence-electron chi connectivity index (χ2n) is 3.86. The molecule has 5 nitrogen and oxygen atoms in total. The first-order valence-electron chi connectivity index (χ1n) is 5.37. The van der Waals surface area contributed by atoms with Crippen molar-refractivity contribution < 1.29 is 9.53 Å². The number of nitrogen functional groups attached to an aromatic ring is 1. The van der Waals surface area contributed by atoms with Crippen molar-refractivity contribution in [3.05, 3.63) is 18.3 Å². The minimum atomic E-state index is -0.0431. The zero-order valence-corrected chi connectivity index (χ0v) is 10.2. The Labute approximate surface area is 106 Å². The summed E-state index contributed by atoms with van der Waals surface area (Å²) >= 11 is 0. The fourth-order valence-corrected chi connectivity index (χ4v) is 1.70. The molecule has 0 radical (unpaired) electrons. The van der Waals surface area contributed by atoms with Crippen LogP contribution in [0.1, 0.15) is 19.3 Å². The molecule has 1 atom stereocenters. The smallest absolute Gasteiger partial charge is 0.227 e. The van der Waals surface area contributed by atoms with Crippen LogP contribution < -0.4 is 11.1 Å². The number of hydrogen-bond donors (Lipinski definition) is 2. The summed E-state index contributed by atoms with van der Waals surface area (Å²) in [7, 11) is 0. The normalized spacial score (nSPS) is 18.5. The van der Waals surface area contributed by atoms with Gasteiger partial charge in [0.25, 0.3) is 0 Å². The van der Waals surface area contributed by atoms with Crippen LogP contribution >= 0.6 is 12.4 Å². The molecule has 1 unspecified atom stereocenters. The lowest BCUT2D eigenvalue weighted by Crippen LogP contribution is -2.19. The molecule has 6 heteroatoms. The Morgan fingerprint density at radius 3 is 3.00 bits per heavy atom. The summed E-state index contributed by atoms with van der Waals surface area (Å²) in [5.41, 5.74) is 6.11. The molecule has 17 heavy (non-hydrogen) atoms. The fourth-order valence-electron chi connectivity index (χ4n) is 1.70. The predicted octanol–water partition coefficient (Wildman–Crippen LogP) is 1.59. The molecular weight excluding hydrogens is 242 g/mol. The number of nitrogens with one attached hydrogen (secondary N) is 1. The molecule has 1 aromatic rings. The quantitative estimate of drug-likeness (QED) is 0.862. The number of pyridine rings is 1. The van der Waals surface area contributed by atoms with Crippen molar-refractivity contribution in [2.24, 2.45) is 0 Å². The van der Waals surface area contributed by atoms with E-state index in [1.807, 2.05) is 0 Å². The molecule has 0 saturated carbocycles. The van der Waals surface area contributed by atoms with Crippen LogP contribution in [-0.4, -0.2) is 23.6 Å². The topological polar surface area (TPSA) is 77.2 Å². The summed E-state index contributed by atoms with van der Waals surface area (Å²) < 4.78 is 5.38. The molecular formula is C11H16ClN3O2. The summed E-state index contributed by atoms with van der Waals surface area (Å²) in [5, 5.41) is 2.76. The van der Waals surface area contributed by atoms with Gasteiger partial charge in [0.1, 0.15) is 5.82 Å². The molecule has 1 saturated heterocycles. The Morgan fingerprint density at radius 2 is 2.41 bits per heavy atom. The Morgan fingerprint density at radius 1 is 1.59 bits per heavy atom. The van der Waals surface area contributed by atoms with E-state index >= 15 is 0 Å². The van der Waals surface area contributed by atoms with Crippen LogP contribution in [0.15, 0.2) is 18.3 Å². The van der Waals surface area contributed by atoms with Crippen molar-refractivity contribution in [3.63, 3.8) is 0 Å². The molecule has 3 N–H and O–H groups in total. The lowest BCUT2D eigenvalue weighted by atomic mass is 10.2. The number of rotatable bonds is 3. The van der Waals surface area contributed by atoms with Crippen molar-refractivity contribution in [3.8, 4) is 0 Å². The number of carbonyl (C=O) groups is 1. The van der Waals surface area contributed by atoms with Crippen LogP contribution in [0.5, 0.6) is 0 Å². The van der Waals surface area contributed by atoms with Crippen LogP contribution in [0.25, 0.3) is 0 Å². The van der Waals surface area contributed by atoms with Gasteiger partial charge in [0.15, 0.2) is 0 Å². The molecule has 1 fully saturated rings. The fraction of sp³-hybridized carbons (Fsp3) is 0.455. The van der Waals surface area contributed by atoms with Gasteiger partial charge in [0.05, 0.1) is 24.4 Å². The number of hydrogen-bond acceptors (Lipinski definition) is 4. The highest BCUT2D eigenvalue weighted by molar-refractivity contribution is 5.90. The van der Waals surface area contributed by atoms with E-state index in [0.717, 1.165) is 19.4 Å². The van der Waals surface area contributed by atoms with Crippen LogP contribution in [0.2, 0.25) is 0 Å². The van der Waals surface area contributed by atoms with Gasteiger partial charge in [0, 0.05) is 6.61 Å². The third kappa shape index (κ3) is 4.20. The highest BCUT2D eigenvalue weighted by Gasteiger charge is 2.18. The van der Waals surface area contributed by atoms with E-state index in [1.165, 1.54) is 0 Å². The van der Waals surface area contributed by atoms with Gasteiger partial charge >= 0.3 is 0 Å². The summed E-state index contributed by atoms with van der Waals surface area (Å²) in [6.07, 6.45) is 4.03. The minimum absolute atomic E-state index is 0. The summed E-state index contributed by atoms with van der Waals surface area (Å²) in [6, 6.07) is 3.39. The predicted molar refractivity (Wildman–Crippen MR) is 68.1 cm³/mol. The highest BCUT2D eigenvalue weighted by atomic mass is 35.5. The number of anilines is 2. The molecule has 2 rings (SSSR count). The number of nitrogens with two attached hydrogens (primary N) is 1. The maximum atomic E-state index is 11.6. The lowest BCUT2D eigenvalue weighted by molar-refractivity contribution is -0.118. The number of carbonyl (C=O) groups excluding carboxylic acids is 1. The lowest BCUT2D eigenvalue weighted by Gasteiger charge is -2.09. The number of halogens is 1. The first kappa shape index (κ1) is 13.7. The van der Waals surface area contributed by atoms with Gasteiger partial charge in [-0.1, -0.05) is 0 Å². The molecule has 0 bridgehead atoms. The molecule has 1 aliphatic heterocycles. The first-order chi connectivity index (χ1) is 7.74. The average molecular weight is 258 g/mol. The van der Waals surface area contributed by atoms with Gasteiger partial charge in [-0.25, -0.2) is 4.98 Å². The first-order valence-corrected chi connectivity index (χ1v) is 5.37. The van der Waals surface area contributed by atoms with Gasteiger partial charge in [-0.15, -0.1) is 12.4 Å². The van der Waals surface area contributed by atoms with E-state index in [-0.39, 0.29) is 24.4 Å². The second-order valence-corrected chi connectivity index (χ2v) is 3.86. The minimum Gasteiger partial charge on any atom is -0.384 e. The highest BCUT2D eigenvalue weighted by Crippen LogP contribution is 2.16. The largest absolute Gasteiger partial charge is 0.384 e. The Kier molecular flexibility index (Phi) is 5.18. The van der Waals surface area contributed by atoms with Gasteiger partial charge < -0.3 is 15.8 Å². The third-order valence-electron chi connectivity index (χ3n) is 2.51. The van der Waals surface area contributed by atoms with E-state index in [4.69, 9.17) is 10.5 Å². The standard InChI is InChI=1S/C11H15N3O2.ClH/c12-10-4-3-8(7-13-10)14-11(15)6-9-2-1-5-16-9;/h3-4,7,9H,1-2,5-6H2,(H2,12,13)(H,14,15);1H. The second kappa shape index (κ2) is 6.42. The summed E-state index contributed by atoms with van der Waals surface area (Å²) in [5.74, 6) is 0.399. The van der Waals surface area contributed by atoms with E-state index in [2.05, 4.69) is 10.3 Å². The number of nitrogens with zero attached hydrogens (tertiary/aromatic N) is 1. The van der Waals surface area contributed by atoms with Crippen LogP contribution in [0, 0.1) is 0 Å². The summed E-state index contributed by atoms with van der Waals surface area (Å²) in [4.78, 5) is 15.5. The molecule has 0 aliphatic carbocycles. The van der Waals surface area contributed by atoms with Gasteiger partial charge in [-0.3, -0.25) is 4.79 Å². The molecule has 94 valence electrons. The van der Waals surface area contributed by atoms with Gasteiger partial charge in [-0.2, -0.15) is 0 Å². The number of amides is 1. The van der Waals surface area contributed by atoms with Crippen molar-refractivity contribution in [1.82, 2.24) is 4.98 Å². The molecule has 0 aromatic carbocycles. The third-order valence-corrected chi connectivity index (χ3v) is 2.51. The number of aromatic nitrogens is 1. The van der Waals surface area contributed by atoms with Crippen LogP contribution in [0.3, 0.4) is 0 Å². The Bertz CT molecular complexity index is 363. The van der Waals surface area contributed by atoms with E-state index < -0.39 is 0 Å². The molecule has 2 heterocycles. The van der Waals surface area contributed by atoms with Crippen LogP contribution in [0.4, 0.5) is 11.5 Å². The molecule has 1 amide bonds. The molecule has 1 aromatic heterocycles. The molecule has 0 spiro atoms. The van der Waals surface area contributed by atoms with Gasteiger partial charge in [-0.05, 0) is 25.0 Å². The zero-order valence-electron chi connectivity index (χ0n) is 9.39. The van der Waals surface area contributed by atoms with Crippen molar-refractivity contribution in [2.45, 2.75) is 25.4 Å². The number of ether oxygens (including phenoxy) is 1. The zero-order chi connectivity index (χ0) is 11.4. The maximum absolute atomic E-state index is 11.6. The Hall–Kier alpha value is -1.33. The maximum Gasteiger partial charge on any atom is 0.227 e. The van der Waals surface area contributed by atoms with Gasteiger partial charge in [0.2, 0.25) is 5.91 Å². The van der Waals surface area contributed by atoms with E-state index in [1.54, 1.807) is 18.3 Å². The van der Waals surface area contributed by atoms with Crippen molar-refractivity contribution in [1.29, 1.82) is 0 Å². The van der Waals surface area contributed by atoms with E-state index in [9.17, 15) is 4.79 Å². The van der Waals surface area contributed by atoms with Crippen LogP contribution in [-0.2, 0) is 9.53 Å². The average Bonchev–Trinajstić information content (AvgIpc) is 2.74. The Balaban J connectivity index is 0.00000144. The SMILES string of the molecule is Cl.Nc1ccc(NC(=O)CC2CCCO2)cn1. The monoisotopic (exact) mass is 257 g/mol. The molecule has 1 aliphatic rings. The van der Waals surface area contributed by atoms with Crippen molar-refractivity contribution >= 4 is 29.8 Å².